The fourth-order valence-corrected chi connectivity index (χ4v) is 4.12. The first kappa shape index (κ1) is 24.2. The Kier molecular flexibility index (Phi) is 6.61. The van der Waals surface area contributed by atoms with E-state index in [1.165, 1.54) is 0 Å². The van der Waals surface area contributed by atoms with Crippen LogP contribution in [0.1, 0.15) is 20.7 Å². The Bertz CT molecular complexity index is 1330. The molecule has 0 aliphatic carbocycles. The lowest BCUT2D eigenvalue weighted by Crippen LogP contribution is -2.27. The summed E-state index contributed by atoms with van der Waals surface area (Å²) in [4.78, 5) is 25.0. The molecule has 0 saturated heterocycles. The fraction of sp³-hybridized carbons (Fsp3) is 0.133. The topological polar surface area (TPSA) is 104 Å². The molecule has 0 aromatic heterocycles. The minimum atomic E-state index is -0.734. The Labute approximate surface area is 224 Å². The number of benzene rings is 4. The van der Waals surface area contributed by atoms with Gasteiger partial charge in [0.25, 0.3) is 12.6 Å². The molecule has 9 heteroatoms. The molecule has 0 saturated carbocycles. The van der Waals surface area contributed by atoms with E-state index in [0.29, 0.717) is 36.1 Å². The number of para-hydroxylation sites is 4. The van der Waals surface area contributed by atoms with Gasteiger partial charge in [-0.25, -0.2) is 9.59 Å². The third-order valence-electron chi connectivity index (χ3n) is 6.10. The molecule has 0 bridgehead atoms. The quantitative estimate of drug-likeness (QED) is 0.241. The average molecular weight is 525 g/mol. The third-order valence-corrected chi connectivity index (χ3v) is 6.10. The van der Waals surface area contributed by atoms with Crippen LogP contribution in [0.15, 0.2) is 97.1 Å². The van der Waals surface area contributed by atoms with Gasteiger partial charge < -0.3 is 34.3 Å². The summed E-state index contributed by atoms with van der Waals surface area (Å²) < 4.78 is 27.9. The normalized spacial score (nSPS) is 13.6. The van der Waals surface area contributed by atoms with Crippen molar-refractivity contribution in [1.82, 2.24) is 0 Å². The molecule has 2 N–H and O–H groups in total. The molecule has 4 aromatic rings. The predicted molar refractivity (Wildman–Crippen MR) is 143 cm³/mol. The summed E-state index contributed by atoms with van der Waals surface area (Å²) in [5.41, 5.74) is 2.04. The highest BCUT2D eigenvalue weighted by Gasteiger charge is 2.24. The summed E-state index contributed by atoms with van der Waals surface area (Å²) >= 11 is 0. The van der Waals surface area contributed by atoms with Gasteiger partial charge in [0.15, 0.2) is 23.0 Å². The van der Waals surface area contributed by atoms with Crippen molar-refractivity contribution in [3.63, 3.8) is 0 Å². The number of esters is 2. The van der Waals surface area contributed by atoms with Gasteiger partial charge in [0.1, 0.15) is 0 Å². The van der Waals surface area contributed by atoms with Crippen molar-refractivity contribution >= 4 is 23.3 Å². The van der Waals surface area contributed by atoms with Crippen molar-refractivity contribution in [1.29, 1.82) is 0 Å². The van der Waals surface area contributed by atoms with Gasteiger partial charge >= 0.3 is 11.9 Å². The first-order valence-electron chi connectivity index (χ1n) is 12.4. The molecule has 2 aliphatic rings. The first-order valence-corrected chi connectivity index (χ1v) is 12.4. The second-order valence-corrected chi connectivity index (χ2v) is 8.82. The number of ether oxygens (including phenoxy) is 5. The molecular weight excluding hydrogens is 500 g/mol. The number of anilines is 2. The Morgan fingerprint density at radius 1 is 0.538 bits per heavy atom. The van der Waals surface area contributed by atoms with E-state index in [-0.39, 0.29) is 11.1 Å². The van der Waals surface area contributed by atoms with Gasteiger partial charge in [0.2, 0.25) is 0 Å². The third kappa shape index (κ3) is 5.57. The predicted octanol–water partition coefficient (Wildman–Crippen LogP) is 5.10. The molecule has 0 unspecified atom stereocenters. The number of nitrogens with one attached hydrogen (secondary N) is 2. The minimum Gasteiger partial charge on any atom is -0.449 e. The Balaban J connectivity index is 0.957. The van der Waals surface area contributed by atoms with E-state index in [1.54, 1.807) is 48.5 Å². The standard InChI is InChI=1S/C30H24N2O7/c33-29(19-9-13-21(14-10-19)31-17-27-35-23-5-1-2-6-24(23)36-27)39-30(34)20-11-15-22(16-12-20)32-18-28-37-25-7-3-4-8-26(25)38-28/h1-16,27-28,31-32H,17-18H2. The van der Waals surface area contributed by atoms with Crippen LogP contribution in [0.5, 0.6) is 23.0 Å². The van der Waals surface area contributed by atoms with Crippen molar-refractivity contribution in [2.75, 3.05) is 23.7 Å². The van der Waals surface area contributed by atoms with E-state index < -0.39 is 24.5 Å². The summed E-state index contributed by atoms with van der Waals surface area (Å²) in [6.07, 6.45) is -0.902. The maximum atomic E-state index is 12.5. The van der Waals surface area contributed by atoms with Crippen LogP contribution < -0.4 is 29.6 Å². The van der Waals surface area contributed by atoms with Crippen molar-refractivity contribution in [2.24, 2.45) is 0 Å². The molecule has 0 amide bonds. The summed E-state index contributed by atoms with van der Waals surface area (Å²) in [7, 11) is 0. The molecular formula is C30H24N2O7. The zero-order valence-electron chi connectivity index (χ0n) is 20.7. The lowest BCUT2D eigenvalue weighted by Gasteiger charge is -2.13. The Hall–Kier alpha value is -5.18. The summed E-state index contributed by atoms with van der Waals surface area (Å²) in [6.45, 7) is 0.826. The largest absolute Gasteiger partial charge is 0.449 e. The van der Waals surface area contributed by atoms with E-state index in [4.69, 9.17) is 23.7 Å². The number of carbonyl (C=O) groups is 2. The molecule has 9 nitrogen and oxygen atoms in total. The zero-order valence-corrected chi connectivity index (χ0v) is 20.7. The molecule has 39 heavy (non-hydrogen) atoms. The number of rotatable bonds is 8. The highest BCUT2D eigenvalue weighted by Crippen LogP contribution is 2.34. The van der Waals surface area contributed by atoms with Crippen LogP contribution in [0.3, 0.4) is 0 Å². The molecule has 0 spiro atoms. The maximum absolute atomic E-state index is 12.5. The second-order valence-electron chi connectivity index (χ2n) is 8.82. The summed E-state index contributed by atoms with van der Waals surface area (Å²) in [6, 6.07) is 28.2. The first-order chi connectivity index (χ1) is 19.1. The smallest absolute Gasteiger partial charge is 0.346 e. The van der Waals surface area contributed by atoms with Crippen molar-refractivity contribution in [3.05, 3.63) is 108 Å². The number of fused-ring (bicyclic) bond motifs is 2. The molecule has 2 aliphatic heterocycles. The van der Waals surface area contributed by atoms with E-state index >= 15 is 0 Å². The van der Waals surface area contributed by atoms with Crippen molar-refractivity contribution in [2.45, 2.75) is 12.6 Å². The number of hydrogen-bond donors (Lipinski definition) is 2. The van der Waals surface area contributed by atoms with Gasteiger partial charge in [0, 0.05) is 11.4 Å². The van der Waals surface area contributed by atoms with E-state index in [0.717, 1.165) is 11.4 Å². The highest BCUT2D eigenvalue weighted by atomic mass is 16.7. The monoisotopic (exact) mass is 524 g/mol. The molecule has 0 atom stereocenters. The van der Waals surface area contributed by atoms with Gasteiger partial charge in [-0.3, -0.25) is 0 Å². The van der Waals surface area contributed by atoms with Crippen molar-refractivity contribution in [3.8, 4) is 23.0 Å². The van der Waals surface area contributed by atoms with Crippen LogP contribution in [0.25, 0.3) is 0 Å². The molecule has 0 fully saturated rings. The Morgan fingerprint density at radius 2 is 0.872 bits per heavy atom. The van der Waals surface area contributed by atoms with Crippen LogP contribution in [-0.2, 0) is 4.74 Å². The lowest BCUT2D eigenvalue weighted by molar-refractivity contribution is 0.0397. The highest BCUT2D eigenvalue weighted by molar-refractivity contribution is 6.02. The van der Waals surface area contributed by atoms with Gasteiger partial charge in [-0.2, -0.15) is 0 Å². The van der Waals surface area contributed by atoms with E-state index in [2.05, 4.69) is 10.6 Å². The molecule has 6 rings (SSSR count). The SMILES string of the molecule is O=C(OC(=O)c1ccc(NCC2Oc3ccccc3O2)cc1)c1ccc(NCC2Oc3ccccc3O2)cc1. The van der Waals surface area contributed by atoms with Gasteiger partial charge in [-0.15, -0.1) is 0 Å². The molecule has 0 radical (unpaired) electrons. The lowest BCUT2D eigenvalue weighted by atomic mass is 10.2. The fourth-order valence-electron chi connectivity index (χ4n) is 4.12. The zero-order chi connectivity index (χ0) is 26.6. The van der Waals surface area contributed by atoms with Gasteiger partial charge in [0.05, 0.1) is 24.2 Å². The number of carbonyl (C=O) groups excluding carboxylic acids is 2. The summed E-state index contributed by atoms with van der Waals surface area (Å²) in [5, 5.41) is 6.40. The van der Waals surface area contributed by atoms with Crippen LogP contribution in [0.2, 0.25) is 0 Å². The summed E-state index contributed by atoms with van der Waals surface area (Å²) in [5.74, 6) is 1.36. The maximum Gasteiger partial charge on any atom is 0.346 e. The van der Waals surface area contributed by atoms with Crippen LogP contribution in [0, 0.1) is 0 Å². The average Bonchev–Trinajstić information content (AvgIpc) is 3.59. The number of hydrogen-bond acceptors (Lipinski definition) is 9. The van der Waals surface area contributed by atoms with E-state index in [1.807, 2.05) is 48.5 Å². The molecule has 4 aromatic carbocycles. The van der Waals surface area contributed by atoms with Crippen LogP contribution >= 0.6 is 0 Å². The Morgan fingerprint density at radius 3 is 1.21 bits per heavy atom. The minimum absolute atomic E-state index is 0.255. The van der Waals surface area contributed by atoms with E-state index in [9.17, 15) is 9.59 Å². The van der Waals surface area contributed by atoms with Crippen LogP contribution in [-0.4, -0.2) is 37.6 Å². The van der Waals surface area contributed by atoms with Gasteiger partial charge in [-0.05, 0) is 72.8 Å². The molecule has 2 heterocycles. The molecule has 196 valence electrons. The van der Waals surface area contributed by atoms with Crippen molar-refractivity contribution < 1.29 is 33.3 Å². The second kappa shape index (κ2) is 10.7. The van der Waals surface area contributed by atoms with Gasteiger partial charge in [-0.1, -0.05) is 24.3 Å². The van der Waals surface area contributed by atoms with Crippen LogP contribution in [0.4, 0.5) is 11.4 Å².